The molecule has 1 fully saturated rings. The highest BCUT2D eigenvalue weighted by Gasteiger charge is 2.29. The summed E-state index contributed by atoms with van der Waals surface area (Å²) >= 11 is 1.57. The van der Waals surface area contributed by atoms with Gasteiger partial charge in [-0.05, 0) is 43.0 Å². The van der Waals surface area contributed by atoms with E-state index < -0.39 is 0 Å². The molecule has 4 aromatic rings. The molecule has 0 unspecified atom stereocenters. The Morgan fingerprint density at radius 2 is 1.70 bits per heavy atom. The zero-order valence-corrected chi connectivity index (χ0v) is 21.9. The first-order valence-electron chi connectivity index (χ1n) is 11.9. The molecule has 37 heavy (non-hydrogen) atoms. The fraction of sp³-hybridized carbons (Fsp3) is 0.250. The molecule has 1 saturated carbocycles. The molecular weight excluding hydrogens is 488 g/mol. The second-order valence-corrected chi connectivity index (χ2v) is 9.68. The third-order valence-corrected chi connectivity index (χ3v) is 7.24. The molecule has 2 heterocycles. The lowest BCUT2D eigenvalue weighted by molar-refractivity contribution is -0.117. The summed E-state index contributed by atoms with van der Waals surface area (Å²) in [6.07, 6.45) is 7.61. The van der Waals surface area contributed by atoms with Gasteiger partial charge >= 0.3 is 0 Å². The number of carbonyl (C=O) groups is 1. The molecule has 1 amide bonds. The maximum atomic E-state index is 12.2. The molecule has 5 rings (SSSR count). The summed E-state index contributed by atoms with van der Waals surface area (Å²) < 4.78 is 17.3. The van der Waals surface area contributed by atoms with Gasteiger partial charge in [0.05, 0.1) is 31.5 Å². The summed E-state index contributed by atoms with van der Waals surface area (Å²) in [5, 5.41) is 8.45. The predicted molar refractivity (Wildman–Crippen MR) is 148 cm³/mol. The van der Waals surface area contributed by atoms with Gasteiger partial charge in [-0.1, -0.05) is 18.2 Å². The molecule has 0 spiro atoms. The fourth-order valence-electron chi connectivity index (χ4n) is 4.03. The van der Waals surface area contributed by atoms with E-state index in [1.54, 1.807) is 39.0 Å². The maximum Gasteiger partial charge on any atom is 0.227 e. The molecule has 8 nitrogen and oxygen atoms in total. The Morgan fingerprint density at radius 3 is 2.38 bits per heavy atom. The van der Waals surface area contributed by atoms with Crippen molar-refractivity contribution in [1.29, 1.82) is 0 Å². The van der Waals surface area contributed by atoms with Crippen LogP contribution in [0.2, 0.25) is 0 Å². The van der Waals surface area contributed by atoms with E-state index >= 15 is 0 Å². The number of rotatable bonds is 9. The van der Waals surface area contributed by atoms with E-state index in [1.165, 1.54) is 0 Å². The fourth-order valence-corrected chi connectivity index (χ4v) is 4.97. The van der Waals surface area contributed by atoms with Gasteiger partial charge in [0, 0.05) is 40.4 Å². The Hall–Kier alpha value is -4.11. The van der Waals surface area contributed by atoms with E-state index in [9.17, 15) is 4.79 Å². The number of amides is 1. The average Bonchev–Trinajstić information content (AvgIpc) is 3.69. The van der Waals surface area contributed by atoms with Crippen LogP contribution in [0.15, 0.2) is 42.0 Å². The van der Waals surface area contributed by atoms with Crippen molar-refractivity contribution in [2.24, 2.45) is 5.92 Å². The number of thiophene rings is 1. The van der Waals surface area contributed by atoms with E-state index in [4.69, 9.17) is 14.2 Å². The topological polar surface area (TPSA) is 94.6 Å². The van der Waals surface area contributed by atoms with Crippen LogP contribution in [0, 0.1) is 12.8 Å². The second kappa shape index (κ2) is 10.5. The molecule has 2 aromatic carbocycles. The molecule has 9 heteroatoms. The van der Waals surface area contributed by atoms with E-state index in [2.05, 4.69) is 39.0 Å². The van der Waals surface area contributed by atoms with Crippen LogP contribution >= 0.6 is 11.3 Å². The van der Waals surface area contributed by atoms with Gasteiger partial charge in [0.1, 0.15) is 6.33 Å². The average molecular weight is 517 g/mol. The third-order valence-electron chi connectivity index (χ3n) is 6.25. The van der Waals surface area contributed by atoms with Crippen LogP contribution in [0.25, 0.3) is 22.4 Å². The summed E-state index contributed by atoms with van der Waals surface area (Å²) in [4.78, 5) is 21.2. The number of ether oxygens (including phenoxy) is 3. The quantitative estimate of drug-likeness (QED) is 0.270. The van der Waals surface area contributed by atoms with Crippen molar-refractivity contribution in [1.82, 2.24) is 9.97 Å². The molecule has 0 saturated heterocycles. The van der Waals surface area contributed by atoms with E-state index in [0.717, 1.165) is 51.1 Å². The van der Waals surface area contributed by atoms with Crippen molar-refractivity contribution < 1.29 is 19.0 Å². The van der Waals surface area contributed by atoms with Gasteiger partial charge in [-0.25, -0.2) is 9.97 Å². The maximum absolute atomic E-state index is 12.2. The minimum absolute atomic E-state index is 0.103. The number of aromatic nitrogens is 2. The molecular formula is C28H28N4O4S. The Morgan fingerprint density at radius 1 is 0.973 bits per heavy atom. The highest BCUT2D eigenvalue weighted by Crippen LogP contribution is 2.41. The van der Waals surface area contributed by atoms with E-state index in [0.29, 0.717) is 23.1 Å². The second-order valence-electron chi connectivity index (χ2n) is 8.80. The number of anilines is 3. The number of benzene rings is 2. The van der Waals surface area contributed by atoms with Crippen LogP contribution in [-0.2, 0) is 4.79 Å². The number of nitrogens with one attached hydrogen (secondary N) is 2. The van der Waals surface area contributed by atoms with Crippen molar-refractivity contribution >= 4 is 56.8 Å². The van der Waals surface area contributed by atoms with Gasteiger partial charge in [0.2, 0.25) is 11.7 Å². The molecule has 2 N–H and O–H groups in total. The van der Waals surface area contributed by atoms with Gasteiger partial charge in [-0.3, -0.25) is 4.79 Å². The standard InChI is InChI=1S/C28H28N4O4S/c1-16-5-10-20(32-28(33)17-6-7-17)11-18(16)8-9-19-14-37-26-24(19)29-15-30-27(26)31-21-12-22(34-2)25(36-4)23(13-21)35-3/h5,8-15,17H,6-7H2,1-4H3,(H,32,33)(H,29,30,31). The number of hydrogen-bond acceptors (Lipinski definition) is 8. The van der Waals surface area contributed by atoms with Gasteiger partial charge < -0.3 is 24.8 Å². The van der Waals surface area contributed by atoms with Crippen LogP contribution in [0.5, 0.6) is 17.2 Å². The van der Waals surface area contributed by atoms with Crippen LogP contribution < -0.4 is 24.8 Å². The van der Waals surface area contributed by atoms with Gasteiger partial charge in [0.15, 0.2) is 17.3 Å². The van der Waals surface area contributed by atoms with Crippen molar-refractivity contribution in [3.8, 4) is 17.2 Å². The number of methoxy groups -OCH3 is 3. The summed E-state index contributed by atoms with van der Waals surface area (Å²) in [6, 6.07) is 9.65. The first kappa shape index (κ1) is 24.6. The van der Waals surface area contributed by atoms with E-state index in [-0.39, 0.29) is 11.8 Å². The molecule has 0 radical (unpaired) electrons. The number of nitrogens with zero attached hydrogens (tertiary/aromatic N) is 2. The van der Waals surface area contributed by atoms with Crippen molar-refractivity contribution in [2.45, 2.75) is 19.8 Å². The smallest absolute Gasteiger partial charge is 0.227 e. The van der Waals surface area contributed by atoms with Crippen LogP contribution in [0.3, 0.4) is 0 Å². The summed E-state index contributed by atoms with van der Waals surface area (Å²) in [7, 11) is 4.74. The predicted octanol–water partition coefficient (Wildman–Crippen LogP) is 6.29. The monoisotopic (exact) mass is 516 g/mol. The number of hydrogen-bond donors (Lipinski definition) is 2. The number of carbonyl (C=O) groups excluding carboxylic acids is 1. The molecule has 2 aromatic heterocycles. The Balaban J connectivity index is 1.41. The number of fused-ring (bicyclic) bond motifs is 1. The summed E-state index contributed by atoms with van der Waals surface area (Å²) in [5.74, 6) is 2.58. The lowest BCUT2D eigenvalue weighted by atomic mass is 10.1. The SMILES string of the molecule is COc1cc(Nc2ncnc3c(C=Cc4cc(NC(=O)C5CC5)ccc4C)csc23)cc(OC)c1OC. The lowest BCUT2D eigenvalue weighted by Gasteiger charge is -2.15. The first-order chi connectivity index (χ1) is 18.0. The normalized spacial score (nSPS) is 13.1. The minimum Gasteiger partial charge on any atom is -0.493 e. The Labute approximate surface area is 219 Å². The van der Waals surface area contributed by atoms with E-state index in [1.807, 2.05) is 36.4 Å². The van der Waals surface area contributed by atoms with Gasteiger partial charge in [0.25, 0.3) is 0 Å². The summed E-state index contributed by atoms with van der Waals surface area (Å²) in [5.41, 5.74) is 5.57. The summed E-state index contributed by atoms with van der Waals surface area (Å²) in [6.45, 7) is 2.06. The molecule has 0 bridgehead atoms. The molecule has 0 aliphatic heterocycles. The highest BCUT2D eigenvalue weighted by molar-refractivity contribution is 7.18. The van der Waals surface area contributed by atoms with Gasteiger partial charge in [-0.15, -0.1) is 11.3 Å². The Kier molecular flexibility index (Phi) is 6.96. The van der Waals surface area contributed by atoms with Crippen LogP contribution in [0.4, 0.5) is 17.2 Å². The van der Waals surface area contributed by atoms with Crippen molar-refractivity contribution in [2.75, 3.05) is 32.0 Å². The lowest BCUT2D eigenvalue weighted by Crippen LogP contribution is -2.13. The zero-order chi connectivity index (χ0) is 25.9. The molecule has 190 valence electrons. The molecule has 0 atom stereocenters. The zero-order valence-electron chi connectivity index (χ0n) is 21.1. The highest BCUT2D eigenvalue weighted by atomic mass is 32.1. The van der Waals surface area contributed by atoms with Crippen molar-refractivity contribution in [3.05, 3.63) is 58.7 Å². The first-order valence-corrected chi connectivity index (χ1v) is 12.8. The third kappa shape index (κ3) is 5.22. The molecule has 1 aliphatic carbocycles. The Bertz CT molecular complexity index is 1470. The molecule has 1 aliphatic rings. The van der Waals surface area contributed by atoms with Crippen molar-refractivity contribution in [3.63, 3.8) is 0 Å². The largest absolute Gasteiger partial charge is 0.493 e. The minimum atomic E-state index is 0.103. The number of aryl methyl sites for hydroxylation is 1. The van der Waals surface area contributed by atoms with Crippen LogP contribution in [0.1, 0.15) is 29.5 Å². The van der Waals surface area contributed by atoms with Gasteiger partial charge in [-0.2, -0.15) is 0 Å². The van der Waals surface area contributed by atoms with Crippen LogP contribution in [-0.4, -0.2) is 37.2 Å².